The van der Waals surface area contributed by atoms with Crippen molar-refractivity contribution in [3.8, 4) is 0 Å². The Labute approximate surface area is 185 Å². The molecule has 156 valence electrons. The molecule has 0 heterocycles. The molecule has 0 fully saturated rings. The molecule has 0 saturated heterocycles. The molecule has 0 aliphatic heterocycles. The number of hydrogen-bond donors (Lipinski definition) is 2. The fourth-order valence-corrected chi connectivity index (χ4v) is 4.68. The summed E-state index contributed by atoms with van der Waals surface area (Å²) in [5.74, 6) is 0.345. The zero-order valence-electron chi connectivity index (χ0n) is 16.3. The fourth-order valence-electron chi connectivity index (χ4n) is 2.64. The highest BCUT2D eigenvalue weighted by atomic mass is 35.5. The van der Waals surface area contributed by atoms with Gasteiger partial charge in [-0.2, -0.15) is 0 Å². The number of amides is 1. The van der Waals surface area contributed by atoms with Gasteiger partial charge in [0.1, 0.15) is 0 Å². The fraction of sp³-hybridized carbons (Fsp3) is 0.136. The summed E-state index contributed by atoms with van der Waals surface area (Å²) in [7, 11) is -3.77. The maximum Gasteiger partial charge on any atom is 0.261 e. The van der Waals surface area contributed by atoms with Crippen molar-refractivity contribution in [1.29, 1.82) is 0 Å². The van der Waals surface area contributed by atoms with E-state index < -0.39 is 10.0 Å². The van der Waals surface area contributed by atoms with Crippen LogP contribution in [0.25, 0.3) is 0 Å². The van der Waals surface area contributed by atoms with E-state index in [4.69, 9.17) is 11.6 Å². The zero-order chi connectivity index (χ0) is 21.6. The predicted octanol–water partition coefficient (Wildman–Crippen LogP) is 4.97. The first-order valence-corrected chi connectivity index (χ1v) is 12.0. The average molecular weight is 461 g/mol. The van der Waals surface area contributed by atoms with Crippen LogP contribution in [0.3, 0.4) is 0 Å². The van der Waals surface area contributed by atoms with Crippen LogP contribution in [-0.4, -0.2) is 26.6 Å². The Hall–Kier alpha value is -2.48. The Balaban J connectivity index is 1.64. The highest BCUT2D eigenvalue weighted by Crippen LogP contribution is 2.23. The second-order valence-corrected chi connectivity index (χ2v) is 9.79. The number of aryl methyl sites for hydroxylation is 1. The van der Waals surface area contributed by atoms with Gasteiger partial charge in [-0.25, -0.2) is 8.42 Å². The number of carbonyl (C=O) groups excluding carboxylic acids is 1. The molecule has 0 aromatic heterocycles. The summed E-state index contributed by atoms with van der Waals surface area (Å²) in [6.07, 6.45) is 0. The van der Waals surface area contributed by atoms with Crippen LogP contribution in [0.1, 0.15) is 15.9 Å². The Morgan fingerprint density at radius 2 is 1.70 bits per heavy atom. The van der Waals surface area contributed by atoms with Gasteiger partial charge in [-0.3, -0.25) is 9.52 Å². The third kappa shape index (κ3) is 6.01. The van der Waals surface area contributed by atoms with Crippen LogP contribution in [0.15, 0.2) is 82.6 Å². The molecule has 0 atom stereocenters. The van der Waals surface area contributed by atoms with Crippen molar-refractivity contribution in [3.63, 3.8) is 0 Å². The largest absolute Gasteiger partial charge is 0.351 e. The molecule has 30 heavy (non-hydrogen) atoms. The highest BCUT2D eigenvalue weighted by Gasteiger charge is 2.16. The number of sulfonamides is 1. The SMILES string of the molecule is Cc1ccc(S(=O)(=O)Nc2ccc(Cl)c(C(=O)NCCSc3ccccc3)c2)cc1. The molecule has 0 bridgehead atoms. The summed E-state index contributed by atoms with van der Waals surface area (Å²) >= 11 is 7.79. The molecule has 0 saturated carbocycles. The van der Waals surface area contributed by atoms with E-state index in [2.05, 4.69) is 10.0 Å². The van der Waals surface area contributed by atoms with E-state index in [9.17, 15) is 13.2 Å². The number of nitrogens with one attached hydrogen (secondary N) is 2. The Bertz CT molecular complexity index is 1120. The first kappa shape index (κ1) is 22.2. The third-order valence-corrected chi connectivity index (χ3v) is 6.93. The van der Waals surface area contributed by atoms with Gasteiger partial charge < -0.3 is 5.32 Å². The number of rotatable bonds is 8. The van der Waals surface area contributed by atoms with Crippen LogP contribution in [-0.2, 0) is 10.0 Å². The number of thioether (sulfide) groups is 1. The van der Waals surface area contributed by atoms with E-state index >= 15 is 0 Å². The molecule has 0 unspecified atom stereocenters. The molecule has 8 heteroatoms. The lowest BCUT2D eigenvalue weighted by Crippen LogP contribution is -2.26. The Kier molecular flexibility index (Phi) is 7.42. The molecular weight excluding hydrogens is 440 g/mol. The molecule has 2 N–H and O–H groups in total. The Morgan fingerprint density at radius 3 is 2.40 bits per heavy atom. The van der Waals surface area contributed by atoms with Gasteiger partial charge in [0.25, 0.3) is 15.9 Å². The van der Waals surface area contributed by atoms with E-state index in [-0.39, 0.29) is 27.1 Å². The second-order valence-electron chi connectivity index (χ2n) is 6.53. The van der Waals surface area contributed by atoms with E-state index in [0.717, 1.165) is 10.5 Å². The van der Waals surface area contributed by atoms with Gasteiger partial charge in [0.05, 0.1) is 15.5 Å². The summed E-state index contributed by atoms with van der Waals surface area (Å²) in [6, 6.07) is 20.9. The van der Waals surface area contributed by atoms with Crippen molar-refractivity contribution in [2.24, 2.45) is 0 Å². The van der Waals surface area contributed by atoms with Gasteiger partial charge >= 0.3 is 0 Å². The summed E-state index contributed by atoms with van der Waals surface area (Å²) in [4.78, 5) is 13.8. The van der Waals surface area contributed by atoms with E-state index in [1.165, 1.54) is 30.3 Å². The van der Waals surface area contributed by atoms with E-state index in [1.54, 1.807) is 23.9 Å². The lowest BCUT2D eigenvalue weighted by molar-refractivity contribution is 0.0956. The highest BCUT2D eigenvalue weighted by molar-refractivity contribution is 7.99. The molecule has 1 amide bonds. The van der Waals surface area contributed by atoms with E-state index in [1.807, 2.05) is 37.3 Å². The predicted molar refractivity (Wildman–Crippen MR) is 123 cm³/mol. The average Bonchev–Trinajstić information content (AvgIpc) is 2.73. The van der Waals surface area contributed by atoms with Gasteiger partial charge in [-0.1, -0.05) is 47.5 Å². The van der Waals surface area contributed by atoms with Gasteiger partial charge in [0.15, 0.2) is 0 Å². The monoisotopic (exact) mass is 460 g/mol. The van der Waals surface area contributed by atoms with Crippen LogP contribution in [0.2, 0.25) is 5.02 Å². The zero-order valence-corrected chi connectivity index (χ0v) is 18.7. The molecule has 0 aliphatic rings. The van der Waals surface area contributed by atoms with Crippen molar-refractivity contribution < 1.29 is 13.2 Å². The van der Waals surface area contributed by atoms with Gasteiger partial charge in [-0.05, 0) is 49.4 Å². The quantitative estimate of drug-likeness (QED) is 0.367. The number of benzene rings is 3. The molecule has 0 aliphatic carbocycles. The lowest BCUT2D eigenvalue weighted by Gasteiger charge is -2.11. The third-order valence-electron chi connectivity index (χ3n) is 4.19. The van der Waals surface area contributed by atoms with Crippen molar-refractivity contribution in [2.45, 2.75) is 16.7 Å². The summed E-state index contributed by atoms with van der Waals surface area (Å²) in [6.45, 7) is 2.33. The topological polar surface area (TPSA) is 75.3 Å². The second kappa shape index (κ2) is 10.0. The molecule has 3 aromatic rings. The number of anilines is 1. The van der Waals surface area contributed by atoms with Crippen LogP contribution >= 0.6 is 23.4 Å². The van der Waals surface area contributed by atoms with E-state index in [0.29, 0.717) is 12.3 Å². The minimum absolute atomic E-state index is 0.145. The maximum atomic E-state index is 12.6. The molecule has 3 aromatic carbocycles. The van der Waals surface area contributed by atoms with Crippen molar-refractivity contribution in [2.75, 3.05) is 17.0 Å². The number of hydrogen-bond acceptors (Lipinski definition) is 4. The molecule has 5 nitrogen and oxygen atoms in total. The van der Waals surface area contributed by atoms with Crippen LogP contribution in [0.4, 0.5) is 5.69 Å². The molecule has 0 radical (unpaired) electrons. The first-order valence-electron chi connectivity index (χ1n) is 9.20. The summed E-state index contributed by atoms with van der Waals surface area (Å²) in [5.41, 5.74) is 1.44. The van der Waals surface area contributed by atoms with Crippen molar-refractivity contribution in [1.82, 2.24) is 5.32 Å². The first-order chi connectivity index (χ1) is 14.3. The smallest absolute Gasteiger partial charge is 0.261 e. The minimum Gasteiger partial charge on any atom is -0.351 e. The maximum absolute atomic E-state index is 12.6. The molecular formula is C22H21ClN2O3S2. The van der Waals surface area contributed by atoms with Gasteiger partial charge in [0, 0.05) is 22.9 Å². The number of halogens is 1. The normalized spacial score (nSPS) is 11.1. The molecule has 0 spiro atoms. The van der Waals surface area contributed by atoms with Gasteiger partial charge in [0.2, 0.25) is 0 Å². The van der Waals surface area contributed by atoms with Crippen molar-refractivity contribution >= 4 is 45.0 Å². The lowest BCUT2D eigenvalue weighted by atomic mass is 10.2. The molecule has 3 rings (SSSR count). The summed E-state index contributed by atoms with van der Waals surface area (Å²) < 4.78 is 27.6. The van der Waals surface area contributed by atoms with Crippen molar-refractivity contribution in [3.05, 3.63) is 88.9 Å². The van der Waals surface area contributed by atoms with Crippen LogP contribution < -0.4 is 10.0 Å². The van der Waals surface area contributed by atoms with Gasteiger partial charge in [-0.15, -0.1) is 11.8 Å². The van der Waals surface area contributed by atoms with Crippen LogP contribution in [0, 0.1) is 6.92 Å². The standard InChI is InChI=1S/C22H21ClN2O3S2/c1-16-7-10-19(11-8-16)30(27,28)25-17-9-12-21(23)20(15-17)22(26)24-13-14-29-18-5-3-2-4-6-18/h2-12,15,25H,13-14H2,1H3,(H,24,26). The number of carbonyl (C=O) groups is 1. The minimum atomic E-state index is -3.77. The Morgan fingerprint density at radius 1 is 1.00 bits per heavy atom. The van der Waals surface area contributed by atoms with Crippen LogP contribution in [0.5, 0.6) is 0 Å². The summed E-state index contributed by atoms with van der Waals surface area (Å²) in [5, 5.41) is 3.07.